The van der Waals surface area contributed by atoms with Crippen molar-refractivity contribution in [3.8, 4) is 6.07 Å². The summed E-state index contributed by atoms with van der Waals surface area (Å²) < 4.78 is 4.99. The third-order valence-electron chi connectivity index (χ3n) is 5.36. The molecule has 5 nitrogen and oxygen atoms in total. The molecule has 0 radical (unpaired) electrons. The van der Waals surface area contributed by atoms with Crippen LogP contribution < -0.4 is 4.90 Å². The summed E-state index contributed by atoms with van der Waals surface area (Å²) in [7, 11) is 1.43. The van der Waals surface area contributed by atoms with Crippen molar-refractivity contribution in [2.75, 3.05) is 25.1 Å². The number of esters is 1. The van der Waals surface area contributed by atoms with E-state index in [0.717, 1.165) is 36.1 Å². The lowest BCUT2D eigenvalue weighted by atomic mass is 9.74. The normalized spacial score (nSPS) is 17.8. The van der Waals surface area contributed by atoms with Crippen LogP contribution in [-0.2, 0) is 9.53 Å². The van der Waals surface area contributed by atoms with E-state index in [1.807, 2.05) is 26.0 Å². The van der Waals surface area contributed by atoms with Gasteiger partial charge in [0.25, 0.3) is 0 Å². The number of ether oxygens (including phenoxy) is 1. The Hall–Kier alpha value is -2.32. The Bertz CT molecular complexity index is 888. The predicted octanol–water partition coefficient (Wildman–Crippen LogP) is 4.18. The fourth-order valence-electron chi connectivity index (χ4n) is 3.64. The minimum absolute atomic E-state index is 0.164. The molecule has 3 rings (SSSR count). The van der Waals surface area contributed by atoms with Crippen molar-refractivity contribution in [3.63, 3.8) is 0 Å². The number of fused-ring (bicyclic) bond motifs is 1. The van der Waals surface area contributed by atoms with Gasteiger partial charge in [0, 0.05) is 23.5 Å². The molecule has 2 heterocycles. The van der Waals surface area contributed by atoms with Crippen LogP contribution in [0.25, 0.3) is 10.9 Å². The monoisotopic (exact) mass is 371 g/mol. The number of aromatic nitrogens is 1. The van der Waals surface area contributed by atoms with Crippen LogP contribution in [0.5, 0.6) is 0 Å². The van der Waals surface area contributed by atoms with Crippen molar-refractivity contribution >= 4 is 34.3 Å². The number of piperidine rings is 1. The number of anilines is 1. The number of nitrogens with zero attached hydrogens (tertiary/aromatic N) is 3. The van der Waals surface area contributed by atoms with Gasteiger partial charge in [-0.2, -0.15) is 5.26 Å². The molecule has 2 aromatic rings. The van der Waals surface area contributed by atoms with E-state index < -0.39 is 5.41 Å². The second kappa shape index (κ2) is 7.13. The Labute approximate surface area is 158 Å². The number of hydrogen-bond acceptors (Lipinski definition) is 5. The highest BCUT2D eigenvalue weighted by molar-refractivity contribution is 6.31. The van der Waals surface area contributed by atoms with Crippen LogP contribution in [0.1, 0.15) is 32.3 Å². The molecule has 0 N–H and O–H groups in total. The molecule has 1 fully saturated rings. The van der Waals surface area contributed by atoms with Gasteiger partial charge >= 0.3 is 5.97 Å². The van der Waals surface area contributed by atoms with Gasteiger partial charge in [-0.3, -0.25) is 4.79 Å². The average molecular weight is 372 g/mol. The first kappa shape index (κ1) is 18.5. The molecule has 26 heavy (non-hydrogen) atoms. The van der Waals surface area contributed by atoms with E-state index in [1.165, 1.54) is 7.11 Å². The summed E-state index contributed by atoms with van der Waals surface area (Å²) in [5.41, 5.74) is 0.746. The minimum atomic E-state index is -0.560. The first-order valence-electron chi connectivity index (χ1n) is 8.70. The average Bonchev–Trinajstić information content (AvgIpc) is 2.66. The quantitative estimate of drug-likeness (QED) is 0.757. The van der Waals surface area contributed by atoms with Crippen molar-refractivity contribution < 1.29 is 9.53 Å². The van der Waals surface area contributed by atoms with Crippen LogP contribution in [-0.4, -0.2) is 31.2 Å². The number of halogens is 1. The van der Waals surface area contributed by atoms with Gasteiger partial charge in [-0.25, -0.2) is 4.98 Å². The van der Waals surface area contributed by atoms with Gasteiger partial charge in [0.1, 0.15) is 5.82 Å². The molecule has 1 atom stereocenters. The molecule has 136 valence electrons. The van der Waals surface area contributed by atoms with Gasteiger partial charge in [-0.15, -0.1) is 0 Å². The fourth-order valence-corrected chi connectivity index (χ4v) is 3.81. The number of carbonyl (C=O) groups is 1. The fraction of sp³-hybridized carbons (Fsp3) is 0.450. The highest BCUT2D eigenvalue weighted by Crippen LogP contribution is 2.37. The summed E-state index contributed by atoms with van der Waals surface area (Å²) in [5, 5.41) is 10.9. The molecule has 0 saturated carbocycles. The third kappa shape index (κ3) is 3.34. The molecule has 6 heteroatoms. The smallest absolute Gasteiger partial charge is 0.311 e. The van der Waals surface area contributed by atoms with Crippen LogP contribution >= 0.6 is 11.6 Å². The Kier molecular flexibility index (Phi) is 5.06. The Morgan fingerprint density at radius 3 is 2.88 bits per heavy atom. The maximum Gasteiger partial charge on any atom is 0.311 e. The molecule has 0 amide bonds. The van der Waals surface area contributed by atoms with E-state index in [-0.39, 0.29) is 11.9 Å². The Balaban J connectivity index is 1.95. The number of benzene rings is 1. The number of nitriles is 1. The summed E-state index contributed by atoms with van der Waals surface area (Å²) >= 11 is 6.06. The summed E-state index contributed by atoms with van der Waals surface area (Å²) in [5.74, 6) is 0.738. The molecule has 0 aliphatic carbocycles. The number of carbonyl (C=O) groups excluding carboxylic acids is 1. The topological polar surface area (TPSA) is 66.2 Å². The van der Waals surface area contributed by atoms with E-state index in [4.69, 9.17) is 21.3 Å². The van der Waals surface area contributed by atoms with E-state index in [1.54, 1.807) is 12.1 Å². The van der Waals surface area contributed by atoms with E-state index in [2.05, 4.69) is 11.0 Å². The highest BCUT2D eigenvalue weighted by Gasteiger charge is 2.40. The molecule has 1 aromatic carbocycles. The zero-order chi connectivity index (χ0) is 18.9. The SMILES string of the molecule is COC(=O)C(C)(C)C1CCCN(c2cc(C#N)c3cc(Cl)ccc3n2)C1. The van der Waals surface area contributed by atoms with Crippen LogP contribution in [0.4, 0.5) is 5.82 Å². The van der Waals surface area contributed by atoms with Crippen LogP contribution in [0.2, 0.25) is 5.02 Å². The lowest BCUT2D eigenvalue weighted by Gasteiger charge is -2.40. The highest BCUT2D eigenvalue weighted by atomic mass is 35.5. The van der Waals surface area contributed by atoms with Gasteiger partial charge in [0.15, 0.2) is 0 Å². The van der Waals surface area contributed by atoms with Crippen molar-refractivity contribution in [2.24, 2.45) is 11.3 Å². The standard InChI is InChI=1S/C20H22ClN3O2/c1-20(2,19(25)26-3)14-5-4-8-24(12-14)18-9-13(11-22)16-10-15(21)6-7-17(16)23-18/h6-7,9-10,14H,4-5,8,12H2,1-3H3. The van der Waals surface area contributed by atoms with Gasteiger partial charge in [0.05, 0.1) is 29.7 Å². The molecule has 1 unspecified atom stereocenters. The summed E-state index contributed by atoms with van der Waals surface area (Å²) in [6.45, 7) is 5.43. The molecule has 0 bridgehead atoms. The van der Waals surface area contributed by atoms with Gasteiger partial charge in [-0.1, -0.05) is 11.6 Å². The van der Waals surface area contributed by atoms with Gasteiger partial charge < -0.3 is 9.64 Å². The first-order chi connectivity index (χ1) is 12.4. The summed E-state index contributed by atoms with van der Waals surface area (Å²) in [4.78, 5) is 19.1. The molecule has 1 aliphatic heterocycles. The van der Waals surface area contributed by atoms with E-state index in [0.29, 0.717) is 17.1 Å². The second-order valence-electron chi connectivity index (χ2n) is 7.30. The lowest BCUT2D eigenvalue weighted by molar-refractivity contribution is -0.154. The zero-order valence-corrected chi connectivity index (χ0v) is 16.0. The van der Waals surface area contributed by atoms with Crippen LogP contribution in [0.15, 0.2) is 24.3 Å². The van der Waals surface area contributed by atoms with Crippen molar-refractivity contribution in [3.05, 3.63) is 34.9 Å². The summed E-state index contributed by atoms with van der Waals surface area (Å²) in [6.07, 6.45) is 1.93. The minimum Gasteiger partial charge on any atom is -0.469 e. The third-order valence-corrected chi connectivity index (χ3v) is 5.59. The summed E-state index contributed by atoms with van der Waals surface area (Å²) in [6, 6.07) is 9.44. The first-order valence-corrected chi connectivity index (χ1v) is 9.08. The molecular formula is C20H22ClN3O2. The van der Waals surface area contributed by atoms with Crippen molar-refractivity contribution in [1.29, 1.82) is 5.26 Å². The van der Waals surface area contributed by atoms with E-state index >= 15 is 0 Å². The van der Waals surface area contributed by atoms with Crippen molar-refractivity contribution in [2.45, 2.75) is 26.7 Å². The molecule has 0 spiro atoms. The number of methoxy groups -OCH3 is 1. The predicted molar refractivity (Wildman–Crippen MR) is 102 cm³/mol. The van der Waals surface area contributed by atoms with Gasteiger partial charge in [0.2, 0.25) is 0 Å². The number of pyridine rings is 1. The molecule has 1 aromatic heterocycles. The molecule has 1 aliphatic rings. The second-order valence-corrected chi connectivity index (χ2v) is 7.74. The Morgan fingerprint density at radius 2 is 2.19 bits per heavy atom. The zero-order valence-electron chi connectivity index (χ0n) is 15.3. The van der Waals surface area contributed by atoms with Gasteiger partial charge in [-0.05, 0) is 56.9 Å². The maximum atomic E-state index is 12.2. The Morgan fingerprint density at radius 1 is 1.42 bits per heavy atom. The van der Waals surface area contributed by atoms with Crippen molar-refractivity contribution in [1.82, 2.24) is 4.98 Å². The maximum absolute atomic E-state index is 12.2. The molecule has 1 saturated heterocycles. The molecular weight excluding hydrogens is 350 g/mol. The van der Waals surface area contributed by atoms with Crippen LogP contribution in [0, 0.1) is 22.7 Å². The number of hydrogen-bond donors (Lipinski definition) is 0. The van der Waals surface area contributed by atoms with Crippen LogP contribution in [0.3, 0.4) is 0 Å². The lowest BCUT2D eigenvalue weighted by Crippen LogP contribution is -2.45. The largest absolute Gasteiger partial charge is 0.469 e. The van der Waals surface area contributed by atoms with E-state index in [9.17, 15) is 10.1 Å². The number of rotatable bonds is 3.